The lowest BCUT2D eigenvalue weighted by Gasteiger charge is -2.30. The van der Waals surface area contributed by atoms with Crippen LogP contribution < -0.4 is 0 Å². The minimum absolute atomic E-state index is 0. The van der Waals surface area contributed by atoms with Gasteiger partial charge in [-0.25, -0.2) is 16.8 Å². The number of sulfonamides is 2. The summed E-state index contributed by atoms with van der Waals surface area (Å²) in [5.74, 6) is 0. The predicted molar refractivity (Wildman–Crippen MR) is 148 cm³/mol. The van der Waals surface area contributed by atoms with Crippen molar-refractivity contribution in [3.8, 4) is 0 Å². The minimum Gasteiger partial charge on any atom is -0.304 e. The van der Waals surface area contributed by atoms with Crippen LogP contribution in [0.2, 0.25) is 0 Å². The molecule has 0 unspecified atom stereocenters. The molecule has 1 saturated heterocycles. The molecule has 0 N–H and O–H groups in total. The van der Waals surface area contributed by atoms with Crippen molar-refractivity contribution in [1.82, 2.24) is 13.5 Å². The van der Waals surface area contributed by atoms with Crippen LogP contribution in [0, 0.1) is 13.8 Å². The molecule has 1 heterocycles. The maximum Gasteiger partial charge on any atom is 0.243 e. The molecule has 0 bridgehead atoms. The summed E-state index contributed by atoms with van der Waals surface area (Å²) in [6.07, 6.45) is 1.38. The minimum atomic E-state index is -3.75. The first-order valence-corrected chi connectivity index (χ1v) is 14.9. The summed E-state index contributed by atoms with van der Waals surface area (Å²) in [5, 5.41) is 0. The molecule has 36 heavy (non-hydrogen) atoms. The molecule has 10 heteroatoms. The quantitative estimate of drug-likeness (QED) is 0.520. The number of benzene rings is 2. The van der Waals surface area contributed by atoms with E-state index in [2.05, 4.69) is 18.4 Å². The van der Waals surface area contributed by atoms with E-state index in [-0.39, 0.29) is 35.3 Å². The van der Waals surface area contributed by atoms with Gasteiger partial charge < -0.3 is 4.90 Å². The molecule has 0 radical (unpaired) electrons. The third-order valence-electron chi connectivity index (χ3n) is 6.33. The molecule has 7 nitrogen and oxygen atoms in total. The zero-order valence-corrected chi connectivity index (χ0v) is 23.8. The summed E-state index contributed by atoms with van der Waals surface area (Å²) < 4.78 is 56.8. The molecule has 0 saturated carbocycles. The normalized spacial score (nSPS) is 18.1. The van der Waals surface area contributed by atoms with Gasteiger partial charge in [0.05, 0.1) is 9.79 Å². The summed E-state index contributed by atoms with van der Waals surface area (Å²) in [5.41, 5.74) is 2.51. The fourth-order valence-corrected chi connectivity index (χ4v) is 7.21. The zero-order chi connectivity index (χ0) is 25.6. The Bertz CT molecular complexity index is 1120. The topological polar surface area (TPSA) is 78.0 Å². The Kier molecular flexibility index (Phi) is 11.1. The number of aryl methyl sites for hydroxylation is 2. The predicted octanol–water partition coefficient (Wildman–Crippen LogP) is 4.08. The molecule has 0 amide bonds. The van der Waals surface area contributed by atoms with Gasteiger partial charge in [-0.2, -0.15) is 8.61 Å². The molecule has 0 aliphatic carbocycles. The van der Waals surface area contributed by atoms with Crippen molar-refractivity contribution >= 4 is 32.5 Å². The van der Waals surface area contributed by atoms with Gasteiger partial charge in [0.1, 0.15) is 0 Å². The van der Waals surface area contributed by atoms with Crippen LogP contribution >= 0.6 is 12.4 Å². The van der Waals surface area contributed by atoms with Gasteiger partial charge in [-0.05, 0) is 76.2 Å². The van der Waals surface area contributed by atoms with Gasteiger partial charge in [-0.15, -0.1) is 12.4 Å². The molecule has 200 valence electrons. The summed E-state index contributed by atoms with van der Waals surface area (Å²) >= 11 is 0. The highest BCUT2D eigenvalue weighted by Crippen LogP contribution is 2.22. The second kappa shape index (κ2) is 13.2. The average Bonchev–Trinajstić information content (AvgIpc) is 2.81. The molecule has 1 fully saturated rings. The van der Waals surface area contributed by atoms with E-state index in [9.17, 15) is 16.8 Å². The van der Waals surface area contributed by atoms with Crippen molar-refractivity contribution in [2.45, 2.75) is 43.4 Å². The van der Waals surface area contributed by atoms with Crippen molar-refractivity contribution in [1.29, 1.82) is 0 Å². The standard InChI is InChI=1S/C26H37N3O4S2.ClH/c1-5-27-16-6-18-28(34(30,31)25-12-8-22(2)9-13-25)20-24(4)21-29(19-7-17-27)35(32,33)26-14-10-23(3)11-15-26;/h8-15H,4-7,16-21H2,1-3H3;1H. The van der Waals surface area contributed by atoms with E-state index in [4.69, 9.17) is 0 Å². The van der Waals surface area contributed by atoms with E-state index < -0.39 is 20.0 Å². The van der Waals surface area contributed by atoms with Crippen molar-refractivity contribution < 1.29 is 16.8 Å². The van der Waals surface area contributed by atoms with E-state index >= 15 is 0 Å². The van der Waals surface area contributed by atoms with Crippen molar-refractivity contribution in [3.63, 3.8) is 0 Å². The number of halogens is 1. The Morgan fingerprint density at radius 3 is 1.39 bits per heavy atom. The Hall–Kier alpha value is -1.75. The largest absolute Gasteiger partial charge is 0.304 e. The maximum absolute atomic E-state index is 13.5. The van der Waals surface area contributed by atoms with Gasteiger partial charge in [0.15, 0.2) is 0 Å². The highest BCUT2D eigenvalue weighted by atomic mass is 35.5. The van der Waals surface area contributed by atoms with Gasteiger partial charge in [-0.3, -0.25) is 0 Å². The summed E-state index contributed by atoms with van der Waals surface area (Å²) in [4.78, 5) is 2.71. The second-order valence-electron chi connectivity index (χ2n) is 9.19. The van der Waals surface area contributed by atoms with Crippen LogP contribution in [-0.4, -0.2) is 76.2 Å². The average molecular weight is 556 g/mol. The molecule has 3 rings (SSSR count). The van der Waals surface area contributed by atoms with Gasteiger partial charge in [0.2, 0.25) is 20.0 Å². The van der Waals surface area contributed by atoms with Crippen LogP contribution in [0.25, 0.3) is 0 Å². The van der Waals surface area contributed by atoms with E-state index in [0.29, 0.717) is 31.5 Å². The van der Waals surface area contributed by atoms with Crippen molar-refractivity contribution in [2.24, 2.45) is 0 Å². The highest BCUT2D eigenvalue weighted by Gasteiger charge is 2.29. The summed E-state index contributed by atoms with van der Waals surface area (Å²) in [7, 11) is -7.50. The van der Waals surface area contributed by atoms with Crippen LogP contribution in [0.4, 0.5) is 0 Å². The SMILES string of the molecule is C=C1CN(S(=O)(=O)c2ccc(C)cc2)CCCN(CC)CCCN(S(=O)(=O)c2ccc(C)cc2)C1.Cl. The first-order chi connectivity index (χ1) is 16.5. The molecule has 0 atom stereocenters. The fourth-order valence-electron chi connectivity index (χ4n) is 4.21. The first kappa shape index (κ1) is 30.5. The van der Waals surface area contributed by atoms with Crippen molar-refractivity contribution in [2.75, 3.05) is 45.8 Å². The van der Waals surface area contributed by atoms with Crippen LogP contribution in [-0.2, 0) is 20.0 Å². The van der Waals surface area contributed by atoms with Crippen molar-refractivity contribution in [3.05, 3.63) is 71.8 Å². The summed E-state index contributed by atoms with van der Waals surface area (Å²) in [6.45, 7) is 13.1. The van der Waals surface area contributed by atoms with E-state index in [1.807, 2.05) is 13.8 Å². The molecule has 0 aromatic heterocycles. The Morgan fingerprint density at radius 2 is 1.06 bits per heavy atom. The maximum atomic E-state index is 13.5. The molecular weight excluding hydrogens is 518 g/mol. The second-order valence-corrected chi connectivity index (χ2v) is 13.1. The molecule has 1 aliphatic rings. The van der Waals surface area contributed by atoms with Crippen LogP contribution in [0.5, 0.6) is 0 Å². The molecular formula is C26H38ClN3O4S2. The van der Waals surface area contributed by atoms with Crippen LogP contribution in [0.1, 0.15) is 30.9 Å². The molecule has 2 aromatic carbocycles. The lowest BCUT2D eigenvalue weighted by molar-refractivity contribution is 0.255. The monoisotopic (exact) mass is 555 g/mol. The van der Waals surface area contributed by atoms with Crippen LogP contribution in [0.15, 0.2) is 70.5 Å². The third-order valence-corrected chi connectivity index (χ3v) is 10.0. The molecule has 1 aliphatic heterocycles. The van der Waals surface area contributed by atoms with E-state index in [1.165, 1.54) is 8.61 Å². The molecule has 2 aromatic rings. The highest BCUT2D eigenvalue weighted by molar-refractivity contribution is 7.89. The zero-order valence-electron chi connectivity index (χ0n) is 21.4. The lowest BCUT2D eigenvalue weighted by Crippen LogP contribution is -2.41. The van der Waals surface area contributed by atoms with Gasteiger partial charge >= 0.3 is 0 Å². The number of nitrogens with zero attached hydrogens (tertiary/aromatic N) is 3. The third kappa shape index (κ3) is 7.63. The number of rotatable bonds is 5. The first-order valence-electron chi connectivity index (χ1n) is 12.1. The van der Waals surface area contributed by atoms with Gasteiger partial charge in [-0.1, -0.05) is 48.9 Å². The van der Waals surface area contributed by atoms with E-state index in [0.717, 1.165) is 30.8 Å². The Labute approximate surface area is 223 Å². The lowest BCUT2D eigenvalue weighted by atomic mass is 10.2. The Morgan fingerprint density at radius 1 is 0.694 bits per heavy atom. The number of hydrogen-bond donors (Lipinski definition) is 0. The summed E-state index contributed by atoms with van der Waals surface area (Å²) in [6, 6.07) is 13.6. The Balaban J connectivity index is 0.00000456. The van der Waals surface area contributed by atoms with Gasteiger partial charge in [0, 0.05) is 26.2 Å². The number of hydrogen-bond acceptors (Lipinski definition) is 5. The smallest absolute Gasteiger partial charge is 0.243 e. The van der Waals surface area contributed by atoms with E-state index in [1.54, 1.807) is 48.5 Å². The fraction of sp³-hybridized carbons (Fsp3) is 0.462. The van der Waals surface area contributed by atoms with Gasteiger partial charge in [0.25, 0.3) is 0 Å². The molecule has 0 spiro atoms. The van der Waals surface area contributed by atoms with Crippen LogP contribution in [0.3, 0.4) is 0 Å².